The molecule has 0 fully saturated rings. The number of rotatable bonds is 6. The Morgan fingerprint density at radius 2 is 2.00 bits per heavy atom. The summed E-state index contributed by atoms with van der Waals surface area (Å²) >= 11 is 0. The van der Waals surface area contributed by atoms with Crippen LogP contribution in [0.15, 0.2) is 18.2 Å². The van der Waals surface area contributed by atoms with E-state index in [0.717, 1.165) is 12.0 Å². The summed E-state index contributed by atoms with van der Waals surface area (Å²) in [5, 5.41) is 0. The van der Waals surface area contributed by atoms with E-state index >= 15 is 0 Å². The van der Waals surface area contributed by atoms with Crippen molar-refractivity contribution in [1.29, 1.82) is 0 Å². The molecule has 0 spiro atoms. The van der Waals surface area contributed by atoms with Crippen LogP contribution in [0, 0.1) is 6.92 Å². The van der Waals surface area contributed by atoms with E-state index in [1.165, 1.54) is 4.90 Å². The molecule has 1 aromatic carbocycles. The van der Waals surface area contributed by atoms with Gasteiger partial charge in [0.15, 0.2) is 0 Å². The number of hydrogen-bond donors (Lipinski definition) is 1. The molecule has 0 saturated heterocycles. The number of nitrogens with two attached hydrogens (primary N) is 1. The minimum atomic E-state index is -0.387. The lowest BCUT2D eigenvalue weighted by Crippen LogP contribution is -2.37. The molecule has 0 bridgehead atoms. The zero-order valence-corrected chi connectivity index (χ0v) is 12.3. The lowest BCUT2D eigenvalue weighted by Gasteiger charge is -2.22. The maximum absolute atomic E-state index is 12.5. The number of nitrogen functional groups attached to an aromatic ring is 1. The second-order valence-corrected chi connectivity index (χ2v) is 4.61. The summed E-state index contributed by atoms with van der Waals surface area (Å²) in [4.78, 5) is 25.6. The first-order valence-electron chi connectivity index (χ1n) is 6.80. The Bertz CT molecular complexity index is 486. The van der Waals surface area contributed by atoms with E-state index in [1.807, 2.05) is 13.8 Å². The standard InChI is InChI=1S/C15H22N2O3/c1-4-8-17(10-14(18)20-5-2)15(19)13-7-6-12(16)9-11(13)3/h6-7,9H,4-5,8,10,16H2,1-3H3. The van der Waals surface area contributed by atoms with Crippen molar-refractivity contribution in [3.8, 4) is 0 Å². The molecule has 0 heterocycles. The highest BCUT2D eigenvalue weighted by Crippen LogP contribution is 2.15. The number of nitrogens with zero attached hydrogens (tertiary/aromatic N) is 1. The number of benzene rings is 1. The summed E-state index contributed by atoms with van der Waals surface area (Å²) in [5.41, 5.74) is 7.67. The quantitative estimate of drug-likeness (QED) is 0.638. The van der Waals surface area contributed by atoms with Gasteiger partial charge in [-0.3, -0.25) is 9.59 Å². The molecule has 5 nitrogen and oxygen atoms in total. The van der Waals surface area contributed by atoms with Crippen molar-refractivity contribution in [2.75, 3.05) is 25.4 Å². The highest BCUT2D eigenvalue weighted by molar-refractivity contribution is 5.97. The normalized spacial score (nSPS) is 10.2. The minimum absolute atomic E-state index is 0.0235. The minimum Gasteiger partial charge on any atom is -0.465 e. The van der Waals surface area contributed by atoms with Crippen LogP contribution in [0.25, 0.3) is 0 Å². The summed E-state index contributed by atoms with van der Waals surface area (Å²) in [7, 11) is 0. The topological polar surface area (TPSA) is 72.6 Å². The smallest absolute Gasteiger partial charge is 0.325 e. The molecule has 0 radical (unpaired) electrons. The molecule has 0 aliphatic carbocycles. The van der Waals surface area contributed by atoms with Gasteiger partial charge in [0.1, 0.15) is 6.54 Å². The Kier molecular flexibility index (Phi) is 6.03. The molecule has 0 atom stereocenters. The molecule has 1 amide bonds. The third-order valence-electron chi connectivity index (χ3n) is 2.89. The van der Waals surface area contributed by atoms with Crippen molar-refractivity contribution in [3.05, 3.63) is 29.3 Å². The second-order valence-electron chi connectivity index (χ2n) is 4.61. The monoisotopic (exact) mass is 278 g/mol. The van der Waals surface area contributed by atoms with Gasteiger partial charge in [-0.15, -0.1) is 0 Å². The highest BCUT2D eigenvalue weighted by atomic mass is 16.5. The molecule has 0 aromatic heterocycles. The Hall–Kier alpha value is -2.04. The van der Waals surface area contributed by atoms with Crippen LogP contribution >= 0.6 is 0 Å². The molecular formula is C15H22N2O3. The second kappa shape index (κ2) is 7.53. The number of carbonyl (C=O) groups excluding carboxylic acids is 2. The number of hydrogen-bond acceptors (Lipinski definition) is 4. The summed E-state index contributed by atoms with van der Waals surface area (Å²) in [6.45, 7) is 6.34. The van der Waals surface area contributed by atoms with E-state index in [-0.39, 0.29) is 18.4 Å². The summed E-state index contributed by atoms with van der Waals surface area (Å²) in [5.74, 6) is -0.556. The molecule has 5 heteroatoms. The largest absolute Gasteiger partial charge is 0.465 e. The number of anilines is 1. The van der Waals surface area contributed by atoms with Crippen LogP contribution < -0.4 is 5.73 Å². The van der Waals surface area contributed by atoms with Crippen LogP contribution in [-0.4, -0.2) is 36.5 Å². The third kappa shape index (κ3) is 4.26. The van der Waals surface area contributed by atoms with Crippen LogP contribution in [0.2, 0.25) is 0 Å². The zero-order chi connectivity index (χ0) is 15.1. The summed E-state index contributed by atoms with van der Waals surface area (Å²) in [6, 6.07) is 5.14. The van der Waals surface area contributed by atoms with Gasteiger partial charge < -0.3 is 15.4 Å². The van der Waals surface area contributed by atoms with Gasteiger partial charge in [-0.05, 0) is 44.0 Å². The van der Waals surface area contributed by atoms with Crippen molar-refractivity contribution in [3.63, 3.8) is 0 Å². The van der Waals surface area contributed by atoms with Crippen molar-refractivity contribution in [2.24, 2.45) is 0 Å². The van der Waals surface area contributed by atoms with Gasteiger partial charge in [-0.1, -0.05) is 6.92 Å². The van der Waals surface area contributed by atoms with Crippen molar-refractivity contribution < 1.29 is 14.3 Å². The first-order valence-corrected chi connectivity index (χ1v) is 6.80. The highest BCUT2D eigenvalue weighted by Gasteiger charge is 2.20. The van der Waals surface area contributed by atoms with Gasteiger partial charge in [-0.25, -0.2) is 0 Å². The van der Waals surface area contributed by atoms with Gasteiger partial charge >= 0.3 is 5.97 Å². The number of ether oxygens (including phenoxy) is 1. The Balaban J connectivity index is 2.90. The fraction of sp³-hybridized carbons (Fsp3) is 0.467. The lowest BCUT2D eigenvalue weighted by molar-refractivity contribution is -0.143. The van der Waals surface area contributed by atoms with Crippen LogP contribution in [0.1, 0.15) is 36.2 Å². The van der Waals surface area contributed by atoms with Crippen molar-refractivity contribution >= 4 is 17.6 Å². The fourth-order valence-electron chi connectivity index (χ4n) is 1.98. The van der Waals surface area contributed by atoms with Gasteiger partial charge in [0, 0.05) is 17.8 Å². The van der Waals surface area contributed by atoms with Gasteiger partial charge in [0.05, 0.1) is 6.61 Å². The van der Waals surface area contributed by atoms with Crippen LogP contribution in [0.4, 0.5) is 5.69 Å². The zero-order valence-electron chi connectivity index (χ0n) is 12.3. The number of carbonyl (C=O) groups is 2. The van der Waals surface area contributed by atoms with Crippen LogP contribution in [-0.2, 0) is 9.53 Å². The first kappa shape index (κ1) is 16.0. The molecule has 2 N–H and O–H groups in total. The molecule has 0 unspecified atom stereocenters. The van der Waals surface area contributed by atoms with Crippen molar-refractivity contribution in [1.82, 2.24) is 4.90 Å². The number of aryl methyl sites for hydroxylation is 1. The fourth-order valence-corrected chi connectivity index (χ4v) is 1.98. The van der Waals surface area contributed by atoms with E-state index in [4.69, 9.17) is 10.5 Å². The third-order valence-corrected chi connectivity index (χ3v) is 2.89. The van der Waals surface area contributed by atoms with Gasteiger partial charge in [0.25, 0.3) is 5.91 Å². The molecule has 1 aromatic rings. The van der Waals surface area contributed by atoms with Crippen molar-refractivity contribution in [2.45, 2.75) is 27.2 Å². The Morgan fingerprint density at radius 3 is 2.55 bits per heavy atom. The number of esters is 1. The van der Waals surface area contributed by atoms with Crippen LogP contribution in [0.3, 0.4) is 0 Å². The average molecular weight is 278 g/mol. The average Bonchev–Trinajstić information content (AvgIpc) is 2.38. The van der Waals surface area contributed by atoms with Gasteiger partial charge in [0.2, 0.25) is 0 Å². The molecule has 110 valence electrons. The molecule has 0 aliphatic heterocycles. The molecule has 20 heavy (non-hydrogen) atoms. The maximum Gasteiger partial charge on any atom is 0.325 e. The maximum atomic E-state index is 12.5. The SMILES string of the molecule is CCCN(CC(=O)OCC)C(=O)c1ccc(N)cc1C. The van der Waals surface area contributed by atoms with Gasteiger partial charge in [-0.2, -0.15) is 0 Å². The lowest BCUT2D eigenvalue weighted by atomic mass is 10.1. The predicted molar refractivity (Wildman–Crippen MR) is 78.4 cm³/mol. The Morgan fingerprint density at radius 1 is 1.30 bits per heavy atom. The van der Waals surface area contributed by atoms with E-state index in [1.54, 1.807) is 25.1 Å². The molecule has 0 aliphatic rings. The van der Waals surface area contributed by atoms with E-state index < -0.39 is 0 Å². The Labute approximate surface area is 119 Å². The van der Waals surface area contributed by atoms with Crippen LogP contribution in [0.5, 0.6) is 0 Å². The van der Waals surface area contributed by atoms with E-state index in [0.29, 0.717) is 24.4 Å². The van der Waals surface area contributed by atoms with E-state index in [2.05, 4.69) is 0 Å². The van der Waals surface area contributed by atoms with E-state index in [9.17, 15) is 9.59 Å². The summed E-state index contributed by atoms with van der Waals surface area (Å²) < 4.78 is 4.90. The number of amides is 1. The summed E-state index contributed by atoms with van der Waals surface area (Å²) in [6.07, 6.45) is 0.777. The predicted octanol–water partition coefficient (Wildman–Crippen LogP) is 1.99. The molecule has 0 saturated carbocycles. The molecule has 1 rings (SSSR count). The first-order chi connectivity index (χ1) is 9.49. The molecular weight excluding hydrogens is 256 g/mol.